The summed E-state index contributed by atoms with van der Waals surface area (Å²) in [6, 6.07) is 0.569. The molecule has 0 spiro atoms. The van der Waals surface area contributed by atoms with Crippen LogP contribution in [0.2, 0.25) is 0 Å². The maximum Gasteiger partial charge on any atom is 0.340 e. The molecule has 1 aromatic rings. The number of carboxylic acids is 1. The summed E-state index contributed by atoms with van der Waals surface area (Å²) in [7, 11) is 0. The monoisotopic (exact) mass is 399 g/mol. The molecule has 0 aromatic heterocycles. The Hall–Kier alpha value is -2.75. The third kappa shape index (κ3) is 5.38. The highest BCUT2D eigenvalue weighted by Gasteiger charge is 2.34. The molecule has 1 aliphatic rings. The third-order valence-corrected chi connectivity index (χ3v) is 4.51. The van der Waals surface area contributed by atoms with Gasteiger partial charge in [0.05, 0.1) is 24.4 Å². The van der Waals surface area contributed by atoms with E-state index in [2.05, 4.69) is 10.6 Å². The minimum absolute atomic E-state index is 0.0389. The number of nitrogens with zero attached hydrogens (tertiary/aromatic N) is 1. The van der Waals surface area contributed by atoms with Crippen molar-refractivity contribution < 1.29 is 33.0 Å². The largest absolute Gasteiger partial charge is 0.480 e. The first-order chi connectivity index (χ1) is 13.2. The van der Waals surface area contributed by atoms with Gasteiger partial charge >= 0.3 is 18.0 Å². The Labute approximate surface area is 160 Å². The van der Waals surface area contributed by atoms with Gasteiger partial charge in [-0.05, 0) is 32.4 Å². The SMILES string of the molecule is CCOC(=O)c1cc(F)c(F)cc1NC(=O)NC1CC(N(CC)CC(=O)O)C1. The van der Waals surface area contributed by atoms with Crippen molar-refractivity contribution >= 4 is 23.7 Å². The second-order valence-corrected chi connectivity index (χ2v) is 6.41. The van der Waals surface area contributed by atoms with Crippen LogP contribution in [0.3, 0.4) is 0 Å². The van der Waals surface area contributed by atoms with Gasteiger partial charge in [0.25, 0.3) is 0 Å². The van der Waals surface area contributed by atoms with Crippen LogP contribution < -0.4 is 10.6 Å². The zero-order chi connectivity index (χ0) is 20.8. The van der Waals surface area contributed by atoms with Gasteiger partial charge in [0, 0.05) is 18.2 Å². The highest BCUT2D eigenvalue weighted by molar-refractivity contribution is 6.01. The van der Waals surface area contributed by atoms with E-state index in [1.165, 1.54) is 0 Å². The molecule has 1 saturated carbocycles. The molecule has 8 nitrogen and oxygen atoms in total. The van der Waals surface area contributed by atoms with E-state index in [0.717, 1.165) is 6.07 Å². The minimum Gasteiger partial charge on any atom is -0.480 e. The van der Waals surface area contributed by atoms with E-state index in [4.69, 9.17) is 9.84 Å². The Morgan fingerprint density at radius 1 is 1.21 bits per heavy atom. The van der Waals surface area contributed by atoms with Crippen molar-refractivity contribution in [2.75, 3.05) is 25.0 Å². The van der Waals surface area contributed by atoms with Gasteiger partial charge in [0.1, 0.15) is 0 Å². The summed E-state index contributed by atoms with van der Waals surface area (Å²) < 4.78 is 31.8. The smallest absolute Gasteiger partial charge is 0.340 e. The Balaban J connectivity index is 1.96. The molecule has 154 valence electrons. The quantitative estimate of drug-likeness (QED) is 0.579. The number of hydrogen-bond acceptors (Lipinski definition) is 5. The van der Waals surface area contributed by atoms with Crippen LogP contribution in [-0.2, 0) is 9.53 Å². The summed E-state index contributed by atoms with van der Waals surface area (Å²) >= 11 is 0. The highest BCUT2D eigenvalue weighted by atomic mass is 19.2. The average Bonchev–Trinajstić information content (AvgIpc) is 2.59. The Kier molecular flexibility index (Phi) is 7.27. The van der Waals surface area contributed by atoms with Crippen molar-refractivity contribution in [2.45, 2.75) is 38.8 Å². The fourth-order valence-corrected chi connectivity index (χ4v) is 3.05. The van der Waals surface area contributed by atoms with E-state index in [0.29, 0.717) is 25.5 Å². The maximum absolute atomic E-state index is 13.5. The molecule has 0 saturated heterocycles. The molecule has 0 aliphatic heterocycles. The van der Waals surface area contributed by atoms with Crippen molar-refractivity contribution in [2.24, 2.45) is 0 Å². The maximum atomic E-state index is 13.5. The predicted molar refractivity (Wildman–Crippen MR) is 96.2 cm³/mol. The normalized spacial score (nSPS) is 18.3. The molecule has 0 unspecified atom stereocenters. The Morgan fingerprint density at radius 3 is 2.43 bits per heavy atom. The number of anilines is 1. The number of carbonyl (C=O) groups is 3. The molecule has 0 radical (unpaired) electrons. The minimum atomic E-state index is -1.23. The van der Waals surface area contributed by atoms with Crippen LogP contribution in [0.4, 0.5) is 19.3 Å². The van der Waals surface area contributed by atoms with Crippen LogP contribution in [-0.4, -0.2) is 59.8 Å². The highest BCUT2D eigenvalue weighted by Crippen LogP contribution is 2.26. The van der Waals surface area contributed by atoms with Gasteiger partial charge in [-0.15, -0.1) is 0 Å². The number of ether oxygens (including phenoxy) is 1. The van der Waals surface area contributed by atoms with Gasteiger partial charge in [0.15, 0.2) is 11.6 Å². The van der Waals surface area contributed by atoms with Crippen molar-refractivity contribution in [3.05, 3.63) is 29.3 Å². The van der Waals surface area contributed by atoms with Crippen LogP contribution in [0.25, 0.3) is 0 Å². The number of rotatable bonds is 8. The second kappa shape index (κ2) is 9.45. The summed E-state index contributed by atoms with van der Waals surface area (Å²) in [6.45, 7) is 3.97. The summed E-state index contributed by atoms with van der Waals surface area (Å²) in [5.74, 6) is -4.23. The predicted octanol–water partition coefficient (Wildman–Crippen LogP) is 2.20. The number of benzene rings is 1. The molecule has 2 amide bonds. The molecule has 0 atom stereocenters. The van der Waals surface area contributed by atoms with Gasteiger partial charge in [-0.25, -0.2) is 18.4 Å². The zero-order valence-electron chi connectivity index (χ0n) is 15.6. The van der Waals surface area contributed by atoms with Crippen LogP contribution in [0, 0.1) is 11.6 Å². The molecular weight excluding hydrogens is 376 g/mol. The van der Waals surface area contributed by atoms with Gasteiger partial charge in [-0.3, -0.25) is 9.69 Å². The molecular formula is C18H23F2N3O5. The van der Waals surface area contributed by atoms with Gasteiger partial charge < -0.3 is 20.5 Å². The van der Waals surface area contributed by atoms with Gasteiger partial charge in [-0.1, -0.05) is 6.92 Å². The van der Waals surface area contributed by atoms with E-state index in [1.807, 2.05) is 6.92 Å². The van der Waals surface area contributed by atoms with Crippen molar-refractivity contribution in [1.29, 1.82) is 0 Å². The first-order valence-electron chi connectivity index (χ1n) is 8.94. The average molecular weight is 399 g/mol. The van der Waals surface area contributed by atoms with E-state index in [9.17, 15) is 23.2 Å². The molecule has 1 aliphatic carbocycles. The van der Waals surface area contributed by atoms with E-state index >= 15 is 0 Å². The summed E-state index contributed by atoms with van der Waals surface area (Å²) in [4.78, 5) is 36.7. The fourth-order valence-electron chi connectivity index (χ4n) is 3.05. The Morgan fingerprint density at radius 2 is 1.86 bits per heavy atom. The third-order valence-electron chi connectivity index (χ3n) is 4.51. The zero-order valence-corrected chi connectivity index (χ0v) is 15.6. The number of amides is 2. The summed E-state index contributed by atoms with van der Waals surface area (Å²) in [5, 5.41) is 13.9. The van der Waals surface area contributed by atoms with Gasteiger partial charge in [-0.2, -0.15) is 0 Å². The van der Waals surface area contributed by atoms with Crippen LogP contribution in [0.1, 0.15) is 37.0 Å². The lowest BCUT2D eigenvalue weighted by Gasteiger charge is -2.42. The standard InChI is InChI=1S/C18H23F2N3O5/c1-3-23(9-16(24)25)11-5-10(6-11)21-18(27)22-15-8-14(20)13(19)7-12(15)17(26)28-4-2/h7-8,10-11H,3-6,9H2,1-2H3,(H,24,25)(H2,21,22,27). The lowest BCUT2D eigenvalue weighted by molar-refractivity contribution is -0.139. The molecule has 1 aromatic carbocycles. The fraction of sp³-hybridized carbons (Fsp3) is 0.500. The summed E-state index contributed by atoms with van der Waals surface area (Å²) in [5.41, 5.74) is -0.493. The first kappa shape index (κ1) is 21.5. The number of esters is 1. The molecule has 1 fully saturated rings. The topological polar surface area (TPSA) is 108 Å². The lowest BCUT2D eigenvalue weighted by atomic mass is 9.85. The molecule has 3 N–H and O–H groups in total. The number of carboxylic acid groups (broad SMARTS) is 1. The van der Waals surface area contributed by atoms with Crippen LogP contribution in [0.15, 0.2) is 12.1 Å². The van der Waals surface area contributed by atoms with E-state index in [1.54, 1.807) is 11.8 Å². The number of carbonyl (C=O) groups excluding carboxylic acids is 2. The number of aliphatic carboxylic acids is 1. The second-order valence-electron chi connectivity index (χ2n) is 6.41. The Bertz CT molecular complexity index is 753. The number of hydrogen-bond donors (Lipinski definition) is 3. The van der Waals surface area contributed by atoms with Crippen molar-refractivity contribution in [3.63, 3.8) is 0 Å². The number of urea groups is 1. The van der Waals surface area contributed by atoms with Gasteiger partial charge in [0.2, 0.25) is 0 Å². The summed E-state index contributed by atoms with van der Waals surface area (Å²) in [6.07, 6.45) is 1.13. The molecule has 0 bridgehead atoms. The van der Waals surface area contributed by atoms with E-state index < -0.39 is 29.6 Å². The number of likely N-dealkylation sites (N-methyl/N-ethyl adjacent to an activating group) is 1. The van der Waals surface area contributed by atoms with Crippen LogP contribution >= 0.6 is 0 Å². The van der Waals surface area contributed by atoms with Crippen LogP contribution in [0.5, 0.6) is 0 Å². The molecule has 2 rings (SSSR count). The molecule has 0 heterocycles. The first-order valence-corrected chi connectivity index (χ1v) is 8.94. The molecule has 28 heavy (non-hydrogen) atoms. The number of nitrogens with one attached hydrogen (secondary N) is 2. The van der Waals surface area contributed by atoms with Crippen molar-refractivity contribution in [3.8, 4) is 0 Å². The lowest BCUT2D eigenvalue weighted by Crippen LogP contribution is -2.55. The van der Waals surface area contributed by atoms with E-state index in [-0.39, 0.29) is 36.5 Å². The molecule has 10 heteroatoms. The number of halogens is 2. The van der Waals surface area contributed by atoms with Crippen molar-refractivity contribution in [1.82, 2.24) is 10.2 Å².